The van der Waals surface area contributed by atoms with E-state index in [4.69, 9.17) is 5.11 Å². The molecule has 3 rings (SSSR count). The lowest BCUT2D eigenvalue weighted by atomic mass is 10.1. The van der Waals surface area contributed by atoms with E-state index in [1.165, 1.54) is 0 Å². The summed E-state index contributed by atoms with van der Waals surface area (Å²) in [4.78, 5) is 13.2. The summed E-state index contributed by atoms with van der Waals surface area (Å²) in [5, 5.41) is 13.2. The van der Waals surface area contributed by atoms with Crippen molar-refractivity contribution in [3.05, 3.63) is 48.2 Å². The number of anilines is 1. The highest BCUT2D eigenvalue weighted by molar-refractivity contribution is 7.91. The van der Waals surface area contributed by atoms with Crippen molar-refractivity contribution in [2.24, 2.45) is 0 Å². The SMILES string of the molecule is O=C(CO)N1CCC(n2nccc2NS(=O)(=O)Cc2ccccc2)CC1. The molecular formula is C17H22N4O4S. The van der Waals surface area contributed by atoms with E-state index in [-0.39, 0.29) is 17.7 Å². The van der Waals surface area contributed by atoms with Crippen LogP contribution in [0.5, 0.6) is 0 Å². The summed E-state index contributed by atoms with van der Waals surface area (Å²) >= 11 is 0. The molecule has 0 aliphatic carbocycles. The predicted molar refractivity (Wildman–Crippen MR) is 96.9 cm³/mol. The Morgan fingerprint density at radius 1 is 1.19 bits per heavy atom. The van der Waals surface area contributed by atoms with Gasteiger partial charge in [0.15, 0.2) is 0 Å². The summed E-state index contributed by atoms with van der Waals surface area (Å²) in [7, 11) is -3.56. The topological polar surface area (TPSA) is 105 Å². The number of amides is 1. The molecule has 140 valence electrons. The zero-order valence-electron chi connectivity index (χ0n) is 14.3. The molecule has 1 fully saturated rings. The Labute approximate surface area is 152 Å². The van der Waals surface area contributed by atoms with Gasteiger partial charge in [0.2, 0.25) is 15.9 Å². The maximum atomic E-state index is 12.4. The van der Waals surface area contributed by atoms with Crippen molar-refractivity contribution < 1.29 is 18.3 Å². The van der Waals surface area contributed by atoms with E-state index in [1.807, 2.05) is 6.07 Å². The van der Waals surface area contributed by atoms with Crippen LogP contribution >= 0.6 is 0 Å². The maximum absolute atomic E-state index is 12.4. The Balaban J connectivity index is 1.66. The van der Waals surface area contributed by atoms with Crippen LogP contribution in [0.15, 0.2) is 42.6 Å². The van der Waals surface area contributed by atoms with E-state index in [1.54, 1.807) is 46.1 Å². The molecule has 9 heteroatoms. The standard InChI is InChI=1S/C17H22N4O4S/c22-12-17(23)20-10-7-15(8-11-20)21-16(6-9-18-21)19-26(24,25)13-14-4-2-1-3-5-14/h1-6,9,15,19,22H,7-8,10-13H2. The molecule has 1 aromatic carbocycles. The number of hydrogen-bond acceptors (Lipinski definition) is 5. The van der Waals surface area contributed by atoms with Gasteiger partial charge in [0, 0.05) is 19.2 Å². The highest BCUT2D eigenvalue weighted by atomic mass is 32.2. The Kier molecular flexibility index (Phi) is 5.58. The molecule has 0 unspecified atom stereocenters. The predicted octanol–water partition coefficient (Wildman–Crippen LogP) is 0.981. The van der Waals surface area contributed by atoms with E-state index in [9.17, 15) is 13.2 Å². The fraction of sp³-hybridized carbons (Fsp3) is 0.412. The third-order valence-electron chi connectivity index (χ3n) is 4.43. The van der Waals surface area contributed by atoms with Crippen LogP contribution in [0.25, 0.3) is 0 Å². The van der Waals surface area contributed by atoms with Crippen molar-refractivity contribution in [3.63, 3.8) is 0 Å². The zero-order valence-corrected chi connectivity index (χ0v) is 15.1. The van der Waals surface area contributed by atoms with E-state index in [2.05, 4.69) is 9.82 Å². The lowest BCUT2D eigenvalue weighted by Gasteiger charge is -2.32. The average Bonchev–Trinajstić information content (AvgIpc) is 3.09. The van der Waals surface area contributed by atoms with Crippen LogP contribution in [0.1, 0.15) is 24.4 Å². The normalized spacial score (nSPS) is 15.8. The van der Waals surface area contributed by atoms with Gasteiger partial charge in [-0.2, -0.15) is 5.10 Å². The summed E-state index contributed by atoms with van der Waals surface area (Å²) in [6.45, 7) is 0.539. The third-order valence-corrected chi connectivity index (χ3v) is 5.66. The summed E-state index contributed by atoms with van der Waals surface area (Å²) in [5.74, 6) is 0.0308. The van der Waals surface area contributed by atoms with Crippen molar-refractivity contribution >= 4 is 21.7 Å². The van der Waals surface area contributed by atoms with Gasteiger partial charge in [-0.3, -0.25) is 9.52 Å². The number of carbonyl (C=O) groups excluding carboxylic acids is 1. The highest BCUT2D eigenvalue weighted by Crippen LogP contribution is 2.26. The van der Waals surface area contributed by atoms with Crippen LogP contribution in [-0.2, 0) is 20.6 Å². The number of hydrogen-bond donors (Lipinski definition) is 2. The minimum Gasteiger partial charge on any atom is -0.387 e. The van der Waals surface area contributed by atoms with Crippen molar-refractivity contribution in [2.45, 2.75) is 24.6 Å². The first-order valence-corrected chi connectivity index (χ1v) is 10.1. The molecule has 26 heavy (non-hydrogen) atoms. The second-order valence-corrected chi connectivity index (χ2v) is 8.00. The second kappa shape index (κ2) is 7.88. The van der Waals surface area contributed by atoms with Gasteiger partial charge in [-0.1, -0.05) is 30.3 Å². The number of rotatable bonds is 6. The van der Waals surface area contributed by atoms with E-state index >= 15 is 0 Å². The number of nitrogens with one attached hydrogen (secondary N) is 1. The number of carbonyl (C=O) groups is 1. The third kappa shape index (κ3) is 4.41. The largest absolute Gasteiger partial charge is 0.387 e. The Morgan fingerprint density at radius 3 is 2.54 bits per heavy atom. The lowest BCUT2D eigenvalue weighted by molar-refractivity contribution is -0.135. The number of likely N-dealkylation sites (tertiary alicyclic amines) is 1. The number of aliphatic hydroxyl groups excluding tert-OH is 1. The first kappa shape index (κ1) is 18.4. The van der Waals surface area contributed by atoms with Gasteiger partial charge in [0.1, 0.15) is 12.4 Å². The van der Waals surface area contributed by atoms with Crippen LogP contribution in [0.3, 0.4) is 0 Å². The van der Waals surface area contributed by atoms with Crippen LogP contribution in [0, 0.1) is 0 Å². The maximum Gasteiger partial charge on any atom is 0.248 e. The van der Waals surface area contributed by atoms with Crippen LogP contribution in [0.2, 0.25) is 0 Å². The molecule has 0 bridgehead atoms. The number of nitrogens with zero attached hydrogens (tertiary/aromatic N) is 3. The van der Waals surface area contributed by atoms with Crippen molar-refractivity contribution in [1.82, 2.24) is 14.7 Å². The van der Waals surface area contributed by atoms with E-state index in [0.717, 1.165) is 0 Å². The second-order valence-electron chi connectivity index (χ2n) is 6.28. The van der Waals surface area contributed by atoms with Crippen LogP contribution in [0.4, 0.5) is 5.82 Å². The molecule has 1 saturated heterocycles. The van der Waals surface area contributed by atoms with Crippen molar-refractivity contribution in [3.8, 4) is 0 Å². The van der Waals surface area contributed by atoms with Gasteiger partial charge in [0.05, 0.1) is 18.0 Å². The molecule has 2 N–H and O–H groups in total. The molecule has 2 aromatic rings. The molecule has 0 saturated carbocycles. The average molecular weight is 378 g/mol. The van der Waals surface area contributed by atoms with E-state index in [0.29, 0.717) is 37.3 Å². The van der Waals surface area contributed by atoms with Gasteiger partial charge in [-0.15, -0.1) is 0 Å². The van der Waals surface area contributed by atoms with Gasteiger partial charge in [0.25, 0.3) is 0 Å². The molecule has 1 amide bonds. The lowest BCUT2D eigenvalue weighted by Crippen LogP contribution is -2.40. The smallest absolute Gasteiger partial charge is 0.248 e. The molecule has 2 heterocycles. The number of piperidine rings is 1. The van der Waals surface area contributed by atoms with Gasteiger partial charge >= 0.3 is 0 Å². The van der Waals surface area contributed by atoms with Crippen molar-refractivity contribution in [2.75, 3.05) is 24.4 Å². The summed E-state index contributed by atoms with van der Waals surface area (Å²) in [6.07, 6.45) is 2.87. The molecule has 0 radical (unpaired) electrons. The fourth-order valence-electron chi connectivity index (χ4n) is 3.13. The monoisotopic (exact) mass is 378 g/mol. The molecular weight excluding hydrogens is 356 g/mol. The molecule has 1 aliphatic heterocycles. The molecule has 1 aromatic heterocycles. The van der Waals surface area contributed by atoms with Crippen molar-refractivity contribution in [1.29, 1.82) is 0 Å². The summed E-state index contributed by atoms with van der Waals surface area (Å²) in [6, 6.07) is 10.6. The summed E-state index contributed by atoms with van der Waals surface area (Å²) in [5.41, 5.74) is 0.710. The quantitative estimate of drug-likeness (QED) is 0.780. The van der Waals surface area contributed by atoms with Gasteiger partial charge in [-0.05, 0) is 18.4 Å². The van der Waals surface area contributed by atoms with Crippen LogP contribution in [-0.4, -0.2) is 53.8 Å². The first-order valence-electron chi connectivity index (χ1n) is 8.45. The zero-order chi connectivity index (χ0) is 18.6. The highest BCUT2D eigenvalue weighted by Gasteiger charge is 2.26. The molecule has 1 aliphatic rings. The molecule has 0 spiro atoms. The van der Waals surface area contributed by atoms with E-state index < -0.39 is 16.6 Å². The number of aliphatic hydroxyl groups is 1. The number of sulfonamides is 1. The Hall–Kier alpha value is -2.39. The van der Waals surface area contributed by atoms with Gasteiger partial charge < -0.3 is 10.0 Å². The Morgan fingerprint density at radius 2 is 1.88 bits per heavy atom. The minimum absolute atomic E-state index is 0.00201. The minimum atomic E-state index is -3.56. The molecule has 8 nitrogen and oxygen atoms in total. The van der Waals surface area contributed by atoms with Gasteiger partial charge in [-0.25, -0.2) is 13.1 Å². The summed E-state index contributed by atoms with van der Waals surface area (Å²) < 4.78 is 29.2. The number of benzene rings is 1. The molecule has 0 atom stereocenters. The van der Waals surface area contributed by atoms with Crippen LogP contribution < -0.4 is 4.72 Å². The Bertz CT molecular complexity index is 843. The fourth-order valence-corrected chi connectivity index (χ4v) is 4.32. The first-order chi connectivity index (χ1) is 12.5. The number of aromatic nitrogens is 2.